The van der Waals surface area contributed by atoms with E-state index in [1.807, 2.05) is 6.92 Å². The van der Waals surface area contributed by atoms with E-state index in [4.69, 9.17) is 11.6 Å². The first kappa shape index (κ1) is 21.7. The second-order valence-corrected chi connectivity index (χ2v) is 6.70. The summed E-state index contributed by atoms with van der Waals surface area (Å²) in [6, 6.07) is 9.85. The fourth-order valence-corrected chi connectivity index (χ4v) is 2.77. The average molecular weight is 414 g/mol. The van der Waals surface area contributed by atoms with Gasteiger partial charge in [-0.1, -0.05) is 29.8 Å². The minimum absolute atomic E-state index is 0.140. The number of carbonyl (C=O) groups excluding carboxylic acids is 2. The highest BCUT2D eigenvalue weighted by Gasteiger charge is 2.33. The number of likely N-dealkylation sites (N-methyl/N-ethyl adjacent to an activating group) is 1. The molecule has 0 fully saturated rings. The Balaban J connectivity index is 1.91. The molecule has 0 heterocycles. The first-order valence-corrected chi connectivity index (χ1v) is 8.64. The van der Waals surface area contributed by atoms with Gasteiger partial charge in [-0.15, -0.1) is 0 Å². The Bertz CT molecular complexity index is 872. The number of alkyl halides is 3. The van der Waals surface area contributed by atoms with Crippen LogP contribution in [0.25, 0.3) is 0 Å². The summed E-state index contributed by atoms with van der Waals surface area (Å²) in [6.07, 6.45) is -4.58. The van der Waals surface area contributed by atoms with Gasteiger partial charge in [0.1, 0.15) is 0 Å². The second-order valence-electron chi connectivity index (χ2n) is 6.30. The largest absolute Gasteiger partial charge is 0.418 e. The van der Waals surface area contributed by atoms with Gasteiger partial charge >= 0.3 is 6.18 Å². The fourth-order valence-electron chi connectivity index (χ4n) is 2.49. The van der Waals surface area contributed by atoms with Crippen LogP contribution >= 0.6 is 11.6 Å². The van der Waals surface area contributed by atoms with Crippen LogP contribution in [0.2, 0.25) is 5.02 Å². The number of para-hydroxylation sites is 1. The molecule has 0 radical (unpaired) electrons. The number of nitrogens with zero attached hydrogens (tertiary/aromatic N) is 1. The maximum absolute atomic E-state index is 13.0. The molecule has 2 amide bonds. The summed E-state index contributed by atoms with van der Waals surface area (Å²) < 4.78 is 38.9. The predicted molar refractivity (Wildman–Crippen MR) is 102 cm³/mol. The van der Waals surface area contributed by atoms with Crippen molar-refractivity contribution in [3.63, 3.8) is 0 Å². The van der Waals surface area contributed by atoms with Crippen LogP contribution in [0.15, 0.2) is 42.5 Å². The van der Waals surface area contributed by atoms with Crippen molar-refractivity contribution in [3.05, 3.63) is 58.6 Å². The molecular formula is C19H19ClF3N3O2. The third kappa shape index (κ3) is 6.24. The average Bonchev–Trinajstić information content (AvgIpc) is 2.56. The van der Waals surface area contributed by atoms with Crippen LogP contribution < -0.4 is 10.6 Å². The Morgan fingerprint density at radius 2 is 1.57 bits per heavy atom. The molecule has 9 heteroatoms. The molecule has 28 heavy (non-hydrogen) atoms. The van der Waals surface area contributed by atoms with Gasteiger partial charge in [-0.2, -0.15) is 13.2 Å². The molecule has 0 bridgehead atoms. The van der Waals surface area contributed by atoms with E-state index in [0.717, 1.165) is 11.6 Å². The molecule has 0 saturated carbocycles. The number of anilines is 2. The molecule has 0 aliphatic rings. The third-order valence-electron chi connectivity index (χ3n) is 3.73. The Morgan fingerprint density at radius 3 is 2.14 bits per heavy atom. The van der Waals surface area contributed by atoms with Crippen molar-refractivity contribution in [3.8, 4) is 0 Å². The van der Waals surface area contributed by atoms with E-state index < -0.39 is 23.6 Å². The third-order valence-corrected chi connectivity index (χ3v) is 4.04. The molecule has 5 nitrogen and oxygen atoms in total. The summed E-state index contributed by atoms with van der Waals surface area (Å²) in [4.78, 5) is 25.5. The smallest absolute Gasteiger partial charge is 0.324 e. The Hall–Kier alpha value is -2.58. The molecule has 0 atom stereocenters. The number of hydrogen-bond donors (Lipinski definition) is 2. The van der Waals surface area contributed by atoms with Crippen LogP contribution in [0.3, 0.4) is 0 Å². The van der Waals surface area contributed by atoms with Gasteiger partial charge in [0.25, 0.3) is 0 Å². The number of carbonyl (C=O) groups is 2. The van der Waals surface area contributed by atoms with Gasteiger partial charge in [-0.25, -0.2) is 0 Å². The van der Waals surface area contributed by atoms with Crippen LogP contribution in [0.4, 0.5) is 24.5 Å². The lowest BCUT2D eigenvalue weighted by Crippen LogP contribution is -2.36. The van der Waals surface area contributed by atoms with Crippen molar-refractivity contribution >= 4 is 34.8 Å². The molecule has 2 aromatic rings. The number of hydrogen-bond acceptors (Lipinski definition) is 3. The normalized spacial score (nSPS) is 11.4. The minimum atomic E-state index is -4.58. The molecule has 150 valence electrons. The highest BCUT2D eigenvalue weighted by molar-refractivity contribution is 6.33. The first-order chi connectivity index (χ1) is 13.1. The van der Waals surface area contributed by atoms with Gasteiger partial charge in [0.15, 0.2) is 0 Å². The topological polar surface area (TPSA) is 61.4 Å². The zero-order valence-electron chi connectivity index (χ0n) is 15.2. The second kappa shape index (κ2) is 9.07. The van der Waals surface area contributed by atoms with E-state index in [9.17, 15) is 22.8 Å². The van der Waals surface area contributed by atoms with Gasteiger partial charge < -0.3 is 10.6 Å². The summed E-state index contributed by atoms with van der Waals surface area (Å²) >= 11 is 6.05. The van der Waals surface area contributed by atoms with Crippen molar-refractivity contribution in [2.45, 2.75) is 13.1 Å². The van der Waals surface area contributed by atoms with Gasteiger partial charge in [-0.3, -0.25) is 14.5 Å². The summed E-state index contributed by atoms with van der Waals surface area (Å²) in [5.41, 5.74) is 0.118. The molecule has 2 aromatic carbocycles. The minimum Gasteiger partial charge on any atom is -0.324 e. The zero-order valence-corrected chi connectivity index (χ0v) is 16.0. The van der Waals surface area contributed by atoms with Gasteiger partial charge in [0.2, 0.25) is 11.8 Å². The Labute approximate surface area is 165 Å². The van der Waals surface area contributed by atoms with Gasteiger partial charge in [0, 0.05) is 0 Å². The molecular weight excluding hydrogens is 395 g/mol. The number of amides is 2. The summed E-state index contributed by atoms with van der Waals surface area (Å²) in [5.74, 6) is -1.07. The van der Waals surface area contributed by atoms with Crippen molar-refractivity contribution in [1.82, 2.24) is 4.90 Å². The Morgan fingerprint density at radius 1 is 1.00 bits per heavy atom. The highest BCUT2D eigenvalue weighted by Crippen LogP contribution is 2.34. The predicted octanol–water partition coefficient (Wildman–Crippen LogP) is 4.18. The molecule has 0 aliphatic heterocycles. The van der Waals surface area contributed by atoms with Crippen molar-refractivity contribution in [1.29, 1.82) is 0 Å². The van der Waals surface area contributed by atoms with Crippen molar-refractivity contribution in [2.75, 3.05) is 30.8 Å². The van der Waals surface area contributed by atoms with Gasteiger partial charge in [0.05, 0.1) is 35.1 Å². The van der Waals surface area contributed by atoms with E-state index in [2.05, 4.69) is 10.6 Å². The van der Waals surface area contributed by atoms with E-state index in [0.29, 0.717) is 10.7 Å². The van der Waals surface area contributed by atoms with E-state index >= 15 is 0 Å². The lowest BCUT2D eigenvalue weighted by Gasteiger charge is -2.18. The summed E-state index contributed by atoms with van der Waals surface area (Å²) in [5, 5.41) is 5.25. The van der Waals surface area contributed by atoms with Crippen LogP contribution in [0.1, 0.15) is 11.1 Å². The number of nitrogens with one attached hydrogen (secondary N) is 2. The molecule has 0 aromatic heterocycles. The molecule has 2 rings (SSSR count). The summed E-state index contributed by atoms with van der Waals surface area (Å²) in [7, 11) is 1.51. The number of aryl methyl sites for hydroxylation is 1. The van der Waals surface area contributed by atoms with E-state index in [1.54, 1.807) is 18.2 Å². The van der Waals surface area contributed by atoms with Gasteiger partial charge in [-0.05, 0) is 43.8 Å². The van der Waals surface area contributed by atoms with Crippen LogP contribution in [0, 0.1) is 6.92 Å². The summed E-state index contributed by atoms with van der Waals surface area (Å²) in [6.45, 7) is 1.46. The van der Waals surface area contributed by atoms with Crippen LogP contribution in [0.5, 0.6) is 0 Å². The molecule has 0 saturated heterocycles. The molecule has 0 aliphatic carbocycles. The quantitative estimate of drug-likeness (QED) is 0.747. The molecule has 0 unspecified atom stereocenters. The SMILES string of the molecule is Cc1ccc(NC(=O)CN(C)CC(=O)Nc2ccccc2C(F)(F)F)c(Cl)c1. The number of halogens is 4. The molecule has 2 N–H and O–H groups in total. The lowest BCUT2D eigenvalue weighted by atomic mass is 10.1. The number of benzene rings is 2. The van der Waals surface area contributed by atoms with Crippen molar-refractivity contribution in [2.24, 2.45) is 0 Å². The van der Waals surface area contributed by atoms with Crippen LogP contribution in [-0.2, 0) is 15.8 Å². The fraction of sp³-hybridized carbons (Fsp3) is 0.263. The van der Waals surface area contributed by atoms with Crippen molar-refractivity contribution < 1.29 is 22.8 Å². The number of rotatable bonds is 6. The first-order valence-electron chi connectivity index (χ1n) is 8.27. The zero-order chi connectivity index (χ0) is 20.9. The highest BCUT2D eigenvalue weighted by atomic mass is 35.5. The Kier molecular flexibility index (Phi) is 7.04. The standard InChI is InChI=1S/C19H19ClF3N3O2/c1-12-7-8-16(14(20)9-12)25-18(28)11-26(2)10-17(27)24-15-6-4-3-5-13(15)19(21,22)23/h3-9H,10-11H2,1-2H3,(H,24,27)(H,25,28). The lowest BCUT2D eigenvalue weighted by molar-refractivity contribution is -0.137. The maximum atomic E-state index is 13.0. The van der Waals surface area contributed by atoms with Crippen LogP contribution in [-0.4, -0.2) is 36.9 Å². The van der Waals surface area contributed by atoms with E-state index in [1.165, 1.54) is 30.1 Å². The maximum Gasteiger partial charge on any atom is 0.418 e. The monoisotopic (exact) mass is 413 g/mol. The van der Waals surface area contributed by atoms with E-state index in [-0.39, 0.29) is 18.8 Å². The molecule has 0 spiro atoms.